The molecule has 0 atom stereocenters. The molecule has 144 valence electrons. The quantitative estimate of drug-likeness (QED) is 0.435. The van der Waals surface area contributed by atoms with E-state index in [0.717, 1.165) is 57.4 Å². The van der Waals surface area contributed by atoms with Crippen molar-refractivity contribution in [3.63, 3.8) is 0 Å². The van der Waals surface area contributed by atoms with Crippen LogP contribution >= 0.6 is 11.6 Å². The van der Waals surface area contributed by atoms with E-state index in [1.165, 1.54) is 31.2 Å². The molecule has 2 aliphatic rings. The molecule has 0 aromatic heterocycles. The summed E-state index contributed by atoms with van der Waals surface area (Å²) in [5, 5.41) is 4.06. The van der Waals surface area contributed by atoms with E-state index in [-0.39, 0.29) is 5.41 Å². The Bertz CT molecular complexity index is 578. The highest BCUT2D eigenvalue weighted by molar-refractivity contribution is 6.30. The predicted molar refractivity (Wildman–Crippen MR) is 108 cm³/mol. The molecule has 1 heterocycles. The van der Waals surface area contributed by atoms with Crippen molar-refractivity contribution in [3.05, 3.63) is 34.9 Å². The topological polar surface area (TPSA) is 62.9 Å². The van der Waals surface area contributed by atoms with Crippen LogP contribution in [0.2, 0.25) is 5.02 Å². The first-order valence-corrected chi connectivity index (χ1v) is 10.2. The Morgan fingerprint density at radius 2 is 1.88 bits per heavy atom. The Kier molecular flexibility index (Phi) is 7.17. The molecule has 3 rings (SSSR count). The summed E-state index contributed by atoms with van der Waals surface area (Å²) in [6.07, 6.45) is 5.92. The summed E-state index contributed by atoms with van der Waals surface area (Å²) >= 11 is 6.05. The molecule has 1 aliphatic carbocycles. The number of guanidine groups is 1. The van der Waals surface area contributed by atoms with Gasteiger partial charge in [-0.1, -0.05) is 36.6 Å². The van der Waals surface area contributed by atoms with Crippen molar-refractivity contribution in [2.24, 2.45) is 10.7 Å². The average molecular weight is 379 g/mol. The van der Waals surface area contributed by atoms with Crippen LogP contribution in [0.25, 0.3) is 0 Å². The molecule has 1 saturated carbocycles. The minimum absolute atomic E-state index is 0.116. The summed E-state index contributed by atoms with van der Waals surface area (Å²) in [5.74, 6) is 0.562. The lowest BCUT2D eigenvalue weighted by Gasteiger charge is -2.28. The van der Waals surface area contributed by atoms with Gasteiger partial charge in [0.1, 0.15) is 0 Å². The maximum absolute atomic E-state index is 6.12. The molecule has 5 nitrogen and oxygen atoms in total. The highest BCUT2D eigenvalue weighted by Gasteiger charge is 2.35. The van der Waals surface area contributed by atoms with Gasteiger partial charge in [0.15, 0.2) is 5.96 Å². The smallest absolute Gasteiger partial charge is 0.188 e. The highest BCUT2D eigenvalue weighted by atomic mass is 35.5. The van der Waals surface area contributed by atoms with Gasteiger partial charge in [0.25, 0.3) is 0 Å². The Morgan fingerprint density at radius 3 is 2.58 bits per heavy atom. The van der Waals surface area contributed by atoms with E-state index in [9.17, 15) is 0 Å². The number of nitrogens with one attached hydrogen (secondary N) is 1. The van der Waals surface area contributed by atoms with Crippen molar-refractivity contribution < 1.29 is 4.74 Å². The lowest BCUT2D eigenvalue weighted by molar-refractivity contribution is 0.0376. The van der Waals surface area contributed by atoms with Gasteiger partial charge < -0.3 is 15.8 Å². The maximum atomic E-state index is 6.12. The zero-order valence-electron chi connectivity index (χ0n) is 15.6. The van der Waals surface area contributed by atoms with E-state index in [1.807, 2.05) is 12.1 Å². The minimum Gasteiger partial charge on any atom is -0.379 e. The van der Waals surface area contributed by atoms with E-state index < -0.39 is 0 Å². The number of nitrogens with zero attached hydrogens (tertiary/aromatic N) is 2. The molecular weight excluding hydrogens is 348 g/mol. The van der Waals surface area contributed by atoms with E-state index in [1.54, 1.807) is 0 Å². The van der Waals surface area contributed by atoms with Gasteiger partial charge in [-0.15, -0.1) is 0 Å². The molecule has 26 heavy (non-hydrogen) atoms. The van der Waals surface area contributed by atoms with Crippen molar-refractivity contribution in [3.8, 4) is 0 Å². The van der Waals surface area contributed by atoms with Gasteiger partial charge in [0.05, 0.1) is 19.8 Å². The Morgan fingerprint density at radius 1 is 1.19 bits per heavy atom. The zero-order valence-corrected chi connectivity index (χ0v) is 16.3. The summed E-state index contributed by atoms with van der Waals surface area (Å²) < 4.78 is 5.37. The van der Waals surface area contributed by atoms with Crippen molar-refractivity contribution >= 4 is 17.6 Å². The second-order valence-electron chi connectivity index (χ2n) is 7.43. The lowest BCUT2D eigenvalue weighted by atomic mass is 9.79. The minimum atomic E-state index is 0.116. The zero-order chi connectivity index (χ0) is 18.2. The van der Waals surface area contributed by atoms with Gasteiger partial charge in [-0.2, -0.15) is 0 Å². The van der Waals surface area contributed by atoms with Crippen LogP contribution < -0.4 is 11.1 Å². The summed E-state index contributed by atoms with van der Waals surface area (Å²) in [6, 6.07) is 8.26. The van der Waals surface area contributed by atoms with Crippen LogP contribution in [-0.2, 0) is 10.2 Å². The lowest BCUT2D eigenvalue weighted by Crippen LogP contribution is -2.39. The molecule has 6 heteroatoms. The SMILES string of the molecule is NC(=NCC1(c2ccc(Cl)cc2)CCCC1)NCCCN1CCOCC1. The molecule has 2 fully saturated rings. The van der Waals surface area contributed by atoms with Gasteiger partial charge in [-0.05, 0) is 43.5 Å². The fourth-order valence-corrected chi connectivity index (χ4v) is 4.16. The number of benzene rings is 1. The largest absolute Gasteiger partial charge is 0.379 e. The molecule has 0 spiro atoms. The predicted octanol–water partition coefficient (Wildman–Crippen LogP) is 2.78. The van der Waals surface area contributed by atoms with Gasteiger partial charge in [0, 0.05) is 30.1 Å². The molecule has 1 aromatic carbocycles. The number of nitrogens with two attached hydrogens (primary N) is 1. The summed E-state index contributed by atoms with van der Waals surface area (Å²) in [6.45, 7) is 6.46. The van der Waals surface area contributed by atoms with Gasteiger partial charge in [-0.25, -0.2) is 0 Å². The standard InChI is InChI=1S/C20H31ClN4O/c21-18-6-4-17(5-7-18)20(8-1-2-9-20)16-24-19(22)23-10-3-11-25-12-14-26-15-13-25/h4-7H,1-3,8-16H2,(H3,22,23,24). The molecule has 1 aromatic rings. The van der Waals surface area contributed by atoms with E-state index in [0.29, 0.717) is 5.96 Å². The van der Waals surface area contributed by atoms with Crippen molar-refractivity contribution in [2.75, 3.05) is 45.9 Å². The number of rotatable bonds is 7. The molecule has 0 amide bonds. The number of halogens is 1. The number of hydrogen-bond donors (Lipinski definition) is 2. The molecule has 0 radical (unpaired) electrons. The second kappa shape index (κ2) is 9.58. The van der Waals surface area contributed by atoms with Gasteiger partial charge in [0.2, 0.25) is 0 Å². The third-order valence-electron chi connectivity index (χ3n) is 5.63. The van der Waals surface area contributed by atoms with Crippen LogP contribution in [-0.4, -0.2) is 56.8 Å². The maximum Gasteiger partial charge on any atom is 0.188 e. The van der Waals surface area contributed by atoms with E-state index >= 15 is 0 Å². The first-order valence-electron chi connectivity index (χ1n) is 9.78. The summed E-state index contributed by atoms with van der Waals surface area (Å²) in [7, 11) is 0. The van der Waals surface area contributed by atoms with Crippen LogP contribution in [0.3, 0.4) is 0 Å². The van der Waals surface area contributed by atoms with E-state index in [2.05, 4.69) is 27.3 Å². The normalized spacial score (nSPS) is 21.0. The van der Waals surface area contributed by atoms with Gasteiger partial charge >= 0.3 is 0 Å². The number of morpholine rings is 1. The first-order chi connectivity index (χ1) is 12.7. The summed E-state index contributed by atoms with van der Waals surface area (Å²) in [4.78, 5) is 7.12. The second-order valence-corrected chi connectivity index (χ2v) is 7.87. The summed E-state index contributed by atoms with van der Waals surface area (Å²) in [5.41, 5.74) is 7.57. The third kappa shape index (κ3) is 5.35. The van der Waals surface area contributed by atoms with Gasteiger partial charge in [-0.3, -0.25) is 9.89 Å². The first kappa shape index (κ1) is 19.5. The van der Waals surface area contributed by atoms with Crippen molar-refractivity contribution in [1.82, 2.24) is 10.2 Å². The molecule has 3 N–H and O–H groups in total. The van der Waals surface area contributed by atoms with Crippen molar-refractivity contribution in [1.29, 1.82) is 0 Å². The molecular formula is C20H31ClN4O. The van der Waals surface area contributed by atoms with Crippen LogP contribution in [0.15, 0.2) is 29.3 Å². The van der Waals surface area contributed by atoms with Crippen LogP contribution in [0.5, 0.6) is 0 Å². The highest BCUT2D eigenvalue weighted by Crippen LogP contribution is 2.41. The van der Waals surface area contributed by atoms with Crippen molar-refractivity contribution in [2.45, 2.75) is 37.5 Å². The average Bonchev–Trinajstić information content (AvgIpc) is 3.15. The number of aliphatic imine (C=N–C) groups is 1. The Hall–Kier alpha value is -1.30. The fraction of sp³-hybridized carbons (Fsp3) is 0.650. The van der Waals surface area contributed by atoms with E-state index in [4.69, 9.17) is 22.1 Å². The Balaban J connectivity index is 1.47. The molecule has 1 aliphatic heterocycles. The van der Waals surface area contributed by atoms with Crippen LogP contribution in [0, 0.1) is 0 Å². The third-order valence-corrected chi connectivity index (χ3v) is 5.88. The number of ether oxygens (including phenoxy) is 1. The fourth-order valence-electron chi connectivity index (χ4n) is 4.03. The molecule has 0 unspecified atom stereocenters. The van der Waals surface area contributed by atoms with Crippen LogP contribution in [0.4, 0.5) is 0 Å². The number of hydrogen-bond acceptors (Lipinski definition) is 3. The Labute approximate surface area is 161 Å². The van der Waals surface area contributed by atoms with Crippen LogP contribution in [0.1, 0.15) is 37.7 Å². The molecule has 0 bridgehead atoms. The monoisotopic (exact) mass is 378 g/mol. The molecule has 1 saturated heterocycles.